The van der Waals surface area contributed by atoms with E-state index in [1.165, 1.54) is 29.4 Å². The predicted octanol–water partition coefficient (Wildman–Crippen LogP) is 4.16. The Bertz CT molecular complexity index is 1720. The molecule has 0 radical (unpaired) electrons. The second kappa shape index (κ2) is 12.7. The van der Waals surface area contributed by atoms with Crippen molar-refractivity contribution in [2.45, 2.75) is 64.0 Å². The number of aliphatic hydroxyl groups is 1. The Hall–Kier alpha value is -3.82. The van der Waals surface area contributed by atoms with Gasteiger partial charge in [0.05, 0.1) is 5.60 Å². The summed E-state index contributed by atoms with van der Waals surface area (Å²) in [6, 6.07) is 7.30. The molecule has 0 saturated carbocycles. The number of sulfonamides is 1. The Labute approximate surface area is 270 Å². The summed E-state index contributed by atoms with van der Waals surface area (Å²) in [5.41, 5.74) is 0.433. The number of carbonyl (C=O) groups is 2. The van der Waals surface area contributed by atoms with Gasteiger partial charge in [-0.15, -0.1) is 13.2 Å². The van der Waals surface area contributed by atoms with Crippen LogP contribution in [0.1, 0.15) is 63.9 Å². The number of likely N-dealkylation sites (tertiary alicyclic amines) is 1. The van der Waals surface area contributed by atoms with Crippen LogP contribution in [0.3, 0.4) is 0 Å². The number of amidine groups is 1. The van der Waals surface area contributed by atoms with Crippen LogP contribution < -0.4 is 10.1 Å². The van der Waals surface area contributed by atoms with Crippen molar-refractivity contribution >= 4 is 33.7 Å². The van der Waals surface area contributed by atoms with Crippen LogP contribution in [-0.2, 0) is 14.8 Å². The average Bonchev–Trinajstić information content (AvgIpc) is 3.32. The number of nitrogens with zero attached hydrogens (tertiary/aromatic N) is 3. The lowest BCUT2D eigenvalue weighted by Crippen LogP contribution is -2.50. The number of aryl methyl sites for hydroxylation is 3. The monoisotopic (exact) mass is 680 g/mol. The summed E-state index contributed by atoms with van der Waals surface area (Å²) in [5.74, 6) is -0.819. The summed E-state index contributed by atoms with van der Waals surface area (Å²) in [6.07, 6.45) is -2.84. The van der Waals surface area contributed by atoms with Gasteiger partial charge in [-0.05, 0) is 105 Å². The third-order valence-corrected chi connectivity index (χ3v) is 10.6. The third-order valence-electron chi connectivity index (χ3n) is 9.04. The number of hydrogen-bond donors (Lipinski definition) is 2. The number of aliphatic imine (C=N–C) groups is 1. The Kier molecular flexibility index (Phi) is 9.29. The molecule has 0 unspecified atom stereocenters. The Balaban J connectivity index is 1.24. The van der Waals surface area contributed by atoms with Gasteiger partial charge in [0.15, 0.2) is 0 Å². The molecule has 47 heavy (non-hydrogen) atoms. The van der Waals surface area contributed by atoms with Gasteiger partial charge in [-0.25, -0.2) is 12.8 Å². The number of nitrogens with one attached hydrogen (secondary N) is 1. The summed E-state index contributed by atoms with van der Waals surface area (Å²) < 4.78 is 82.9. The lowest BCUT2D eigenvalue weighted by atomic mass is 9.89. The molecule has 0 atom stereocenters. The van der Waals surface area contributed by atoms with Crippen LogP contribution in [0.4, 0.5) is 17.6 Å². The molecule has 2 aromatic carbocycles. The molecule has 1 spiro atoms. The van der Waals surface area contributed by atoms with E-state index < -0.39 is 40.1 Å². The molecule has 5 rings (SSSR count). The summed E-state index contributed by atoms with van der Waals surface area (Å²) in [5, 5.41) is 13.9. The highest BCUT2D eigenvalue weighted by atomic mass is 32.2. The average molecular weight is 681 g/mol. The topological polar surface area (TPSA) is 129 Å². The number of hydrogen-bond acceptors (Lipinski definition) is 7. The maximum atomic E-state index is 13.3. The summed E-state index contributed by atoms with van der Waals surface area (Å²) >= 11 is 0. The maximum absolute atomic E-state index is 13.3. The Morgan fingerprint density at radius 3 is 2.19 bits per heavy atom. The minimum Gasteiger partial charge on any atom is -0.406 e. The number of piperidine rings is 2. The summed E-state index contributed by atoms with van der Waals surface area (Å²) in [6.45, 7) is 4.63. The molecular formula is C32H36F4N4O6S. The highest BCUT2D eigenvalue weighted by Crippen LogP contribution is 2.34. The van der Waals surface area contributed by atoms with E-state index in [0.717, 1.165) is 11.5 Å². The molecule has 2 fully saturated rings. The lowest BCUT2D eigenvalue weighted by molar-refractivity contribution is -0.274. The molecule has 15 heteroatoms. The van der Waals surface area contributed by atoms with E-state index in [0.29, 0.717) is 27.8 Å². The zero-order valence-electron chi connectivity index (χ0n) is 26.2. The van der Waals surface area contributed by atoms with Gasteiger partial charge in [0.2, 0.25) is 10.0 Å². The van der Waals surface area contributed by atoms with Crippen molar-refractivity contribution < 1.29 is 45.4 Å². The zero-order chi connectivity index (χ0) is 34.4. The summed E-state index contributed by atoms with van der Waals surface area (Å²) in [4.78, 5) is 32.2. The van der Waals surface area contributed by atoms with E-state index in [-0.39, 0.29) is 74.9 Å². The number of benzene rings is 2. The molecule has 254 valence electrons. The van der Waals surface area contributed by atoms with Crippen molar-refractivity contribution in [2.24, 2.45) is 4.99 Å². The van der Waals surface area contributed by atoms with Gasteiger partial charge in [-0.1, -0.05) is 0 Å². The number of carbonyl (C=O) groups excluding carboxylic acids is 2. The van der Waals surface area contributed by atoms with Gasteiger partial charge in [0.25, 0.3) is 11.8 Å². The van der Waals surface area contributed by atoms with Gasteiger partial charge >= 0.3 is 6.36 Å². The van der Waals surface area contributed by atoms with Crippen LogP contribution in [0.2, 0.25) is 0 Å². The van der Waals surface area contributed by atoms with Crippen molar-refractivity contribution in [3.8, 4) is 5.75 Å². The van der Waals surface area contributed by atoms with Crippen LogP contribution in [0.15, 0.2) is 40.7 Å². The second-order valence-corrected chi connectivity index (χ2v) is 14.2. The first-order valence-electron chi connectivity index (χ1n) is 15.1. The van der Waals surface area contributed by atoms with E-state index in [1.807, 2.05) is 0 Å². The first-order valence-corrected chi connectivity index (χ1v) is 16.6. The molecule has 2 amide bonds. The fourth-order valence-corrected chi connectivity index (χ4v) is 7.35. The molecule has 2 saturated heterocycles. The largest absolute Gasteiger partial charge is 0.573 e. The molecule has 10 nitrogen and oxygen atoms in total. The van der Waals surface area contributed by atoms with E-state index in [1.54, 1.807) is 30.9 Å². The van der Waals surface area contributed by atoms with Crippen LogP contribution in [0.5, 0.6) is 5.75 Å². The normalized spacial score (nSPS) is 20.0. The van der Waals surface area contributed by atoms with Gasteiger partial charge in [-0.3, -0.25) is 14.6 Å². The lowest BCUT2D eigenvalue weighted by Gasteiger charge is -2.36. The smallest absolute Gasteiger partial charge is 0.406 e. The number of alkyl halides is 4. The van der Waals surface area contributed by atoms with Gasteiger partial charge in [0, 0.05) is 42.7 Å². The minimum atomic E-state index is -4.84. The van der Waals surface area contributed by atoms with Crippen LogP contribution >= 0.6 is 0 Å². The van der Waals surface area contributed by atoms with Crippen molar-refractivity contribution in [2.75, 3.05) is 32.9 Å². The SMILES string of the molecule is Cc1cc(C2=NC3(CCN(S(=O)(=O)/C=C/c4c(C)cc(C(=O)N5CCC(O)(CF)CC5)cc4C)CC3)C(=O)N2)ccc1OC(F)(F)F. The van der Waals surface area contributed by atoms with Crippen LogP contribution in [0.25, 0.3) is 6.08 Å². The fourth-order valence-electron chi connectivity index (χ4n) is 6.18. The van der Waals surface area contributed by atoms with Crippen LogP contribution in [0, 0.1) is 20.8 Å². The van der Waals surface area contributed by atoms with Crippen molar-refractivity contribution in [3.63, 3.8) is 0 Å². The number of halogens is 4. The van der Waals surface area contributed by atoms with E-state index in [9.17, 15) is 40.7 Å². The standard InChI is InChI=1S/C32H36F4N4O6S/c1-20-16-24(28(41)39-11-7-30(43,19-33)8-12-39)17-21(2)25(20)6-15-47(44,45)40-13-9-31(10-14-40)29(42)37-27(38-31)23-4-5-26(22(3)18-23)46-32(34,35)36/h4-6,15-18,43H,7-14,19H2,1-3H3,(H,37,38,42)/b15-6+. The van der Waals surface area contributed by atoms with Crippen LogP contribution in [-0.4, -0.2) is 90.7 Å². The van der Waals surface area contributed by atoms with E-state index in [4.69, 9.17) is 0 Å². The van der Waals surface area contributed by atoms with E-state index >= 15 is 0 Å². The molecule has 2 aromatic rings. The summed E-state index contributed by atoms with van der Waals surface area (Å²) in [7, 11) is -3.89. The molecular weight excluding hydrogens is 644 g/mol. The van der Waals surface area contributed by atoms with Crippen molar-refractivity contribution in [1.29, 1.82) is 0 Å². The van der Waals surface area contributed by atoms with Crippen molar-refractivity contribution in [3.05, 3.63) is 69.1 Å². The molecule has 0 aromatic heterocycles. The molecule has 3 heterocycles. The molecule has 3 aliphatic heterocycles. The Morgan fingerprint density at radius 2 is 1.64 bits per heavy atom. The first kappa shape index (κ1) is 34.5. The molecule has 2 N–H and O–H groups in total. The van der Waals surface area contributed by atoms with Gasteiger partial charge in [0.1, 0.15) is 23.8 Å². The minimum absolute atomic E-state index is 0.0209. The predicted molar refractivity (Wildman–Crippen MR) is 166 cm³/mol. The fraction of sp³-hybridized carbons (Fsp3) is 0.469. The zero-order valence-corrected chi connectivity index (χ0v) is 27.0. The molecule has 0 aliphatic carbocycles. The number of amides is 2. The second-order valence-electron chi connectivity index (χ2n) is 12.4. The highest BCUT2D eigenvalue weighted by Gasteiger charge is 2.47. The van der Waals surface area contributed by atoms with E-state index in [2.05, 4.69) is 15.0 Å². The Morgan fingerprint density at radius 1 is 1.02 bits per heavy atom. The van der Waals surface area contributed by atoms with Crippen molar-refractivity contribution in [1.82, 2.24) is 14.5 Å². The molecule has 3 aliphatic rings. The maximum Gasteiger partial charge on any atom is 0.573 e. The van der Waals surface area contributed by atoms with Gasteiger partial charge < -0.3 is 20.1 Å². The number of rotatable bonds is 7. The number of ether oxygens (including phenoxy) is 1. The quantitative estimate of drug-likeness (QED) is 0.423. The molecule has 0 bridgehead atoms. The third kappa shape index (κ3) is 7.36. The highest BCUT2D eigenvalue weighted by molar-refractivity contribution is 7.92. The van der Waals surface area contributed by atoms with Gasteiger partial charge in [-0.2, -0.15) is 4.31 Å². The first-order chi connectivity index (χ1) is 21.9.